The zero-order valence-electron chi connectivity index (χ0n) is 18.6. The van der Waals surface area contributed by atoms with Crippen molar-refractivity contribution in [3.05, 3.63) is 75.8 Å². The van der Waals surface area contributed by atoms with E-state index in [2.05, 4.69) is 4.74 Å². The van der Waals surface area contributed by atoms with Gasteiger partial charge in [0.1, 0.15) is 17.2 Å². The summed E-state index contributed by atoms with van der Waals surface area (Å²) in [7, 11) is 0. The van der Waals surface area contributed by atoms with Crippen molar-refractivity contribution in [1.29, 1.82) is 0 Å². The number of benzene rings is 3. The predicted octanol–water partition coefficient (Wildman–Crippen LogP) is 6.56. The number of carbonyl (C=O) groups excluding carboxylic acids is 1. The molecule has 1 N–H and O–H groups in total. The summed E-state index contributed by atoms with van der Waals surface area (Å²) >= 11 is 13.0. The molecule has 0 radical (unpaired) electrons. The number of phenols is 1. The first kappa shape index (κ1) is 25.1. The number of phenolic OH excluding ortho intramolecular Hbond substituents is 1. The van der Waals surface area contributed by atoms with E-state index in [-0.39, 0.29) is 24.0 Å². The molecule has 1 saturated heterocycles. The summed E-state index contributed by atoms with van der Waals surface area (Å²) in [6, 6.07) is 14.3. The van der Waals surface area contributed by atoms with Crippen LogP contribution in [-0.2, 0) is 11.2 Å². The van der Waals surface area contributed by atoms with Crippen LogP contribution in [-0.4, -0.2) is 42.2 Å². The molecular weight excluding hydrogens is 499 g/mol. The molecule has 35 heavy (non-hydrogen) atoms. The fraction of sp³-hybridized carbons (Fsp3) is 0.269. The number of rotatable bonds is 8. The number of carbonyl (C=O) groups is 1. The van der Waals surface area contributed by atoms with Crippen LogP contribution in [0.1, 0.15) is 24.0 Å². The molecule has 0 saturated carbocycles. The summed E-state index contributed by atoms with van der Waals surface area (Å²) in [5.41, 5.74) is 2.42. The first-order valence-electron chi connectivity index (χ1n) is 11.1. The number of nitrogens with zero attached hydrogens (tertiary/aromatic N) is 1. The van der Waals surface area contributed by atoms with Gasteiger partial charge in [-0.15, -0.1) is 0 Å². The third kappa shape index (κ3) is 6.35. The quantitative estimate of drug-likeness (QED) is 0.364. The number of halogens is 4. The Hall–Kier alpha value is -3.03. The van der Waals surface area contributed by atoms with Crippen molar-refractivity contribution in [3.8, 4) is 28.4 Å². The Morgan fingerprint density at radius 3 is 2.40 bits per heavy atom. The van der Waals surface area contributed by atoms with Crippen molar-refractivity contribution in [2.24, 2.45) is 0 Å². The molecule has 1 aliphatic heterocycles. The number of aromatic hydroxyl groups is 1. The first-order valence-corrected chi connectivity index (χ1v) is 11.8. The Morgan fingerprint density at radius 2 is 1.71 bits per heavy atom. The Labute approximate surface area is 211 Å². The maximum atomic E-state index is 12.6. The summed E-state index contributed by atoms with van der Waals surface area (Å²) in [6.07, 6.45) is 2.36. The standard InChI is InChI=1S/C26H23Cl2F2NO4/c27-22-13-19(34-15-25(33)31-8-1-2-9-31)14-23(28)21(22)11-16-6-7-24(32)20(10-16)17-4-3-5-18(12-17)35-26(29)30/h3-7,10,12-14,26,32H,1-2,8-9,11,15H2. The van der Waals surface area contributed by atoms with Gasteiger partial charge >= 0.3 is 6.61 Å². The molecule has 3 aromatic carbocycles. The topological polar surface area (TPSA) is 59.0 Å². The Bertz CT molecular complexity index is 1190. The van der Waals surface area contributed by atoms with Crippen LogP contribution in [0.5, 0.6) is 17.2 Å². The molecule has 3 aromatic rings. The normalized spacial score (nSPS) is 13.3. The van der Waals surface area contributed by atoms with Crippen LogP contribution >= 0.6 is 23.2 Å². The van der Waals surface area contributed by atoms with Gasteiger partial charge in [-0.1, -0.05) is 41.4 Å². The molecule has 0 aliphatic carbocycles. The van der Waals surface area contributed by atoms with Crippen LogP contribution in [0.2, 0.25) is 10.0 Å². The second-order valence-electron chi connectivity index (χ2n) is 8.18. The Balaban J connectivity index is 1.50. The van der Waals surface area contributed by atoms with E-state index < -0.39 is 6.61 Å². The SMILES string of the molecule is O=C(COc1cc(Cl)c(Cc2ccc(O)c(-c3cccc(OC(F)F)c3)c2)c(Cl)c1)N1CCCC1. The third-order valence-corrected chi connectivity index (χ3v) is 6.42. The van der Waals surface area contributed by atoms with Gasteiger partial charge in [0, 0.05) is 35.1 Å². The van der Waals surface area contributed by atoms with Crippen molar-refractivity contribution in [2.45, 2.75) is 25.9 Å². The fourth-order valence-electron chi connectivity index (χ4n) is 4.00. The third-order valence-electron chi connectivity index (χ3n) is 5.75. The summed E-state index contributed by atoms with van der Waals surface area (Å²) in [6.45, 7) is -1.52. The first-order chi connectivity index (χ1) is 16.8. The molecule has 1 aliphatic rings. The largest absolute Gasteiger partial charge is 0.507 e. The van der Waals surface area contributed by atoms with E-state index in [1.54, 1.807) is 41.3 Å². The van der Waals surface area contributed by atoms with Gasteiger partial charge in [0.15, 0.2) is 6.61 Å². The molecule has 0 aromatic heterocycles. The highest BCUT2D eigenvalue weighted by Crippen LogP contribution is 2.36. The average Bonchev–Trinajstić information content (AvgIpc) is 3.36. The van der Waals surface area contributed by atoms with Gasteiger partial charge in [-0.2, -0.15) is 8.78 Å². The molecule has 0 atom stereocenters. The van der Waals surface area contributed by atoms with E-state index in [0.29, 0.717) is 38.9 Å². The molecule has 0 unspecified atom stereocenters. The lowest BCUT2D eigenvalue weighted by molar-refractivity contribution is -0.132. The van der Waals surface area contributed by atoms with E-state index >= 15 is 0 Å². The molecule has 1 fully saturated rings. The van der Waals surface area contributed by atoms with Crippen LogP contribution in [0.3, 0.4) is 0 Å². The molecule has 184 valence electrons. The van der Waals surface area contributed by atoms with E-state index in [4.69, 9.17) is 27.9 Å². The molecule has 1 amide bonds. The average molecular weight is 522 g/mol. The highest BCUT2D eigenvalue weighted by Gasteiger charge is 2.19. The summed E-state index contributed by atoms with van der Waals surface area (Å²) < 4.78 is 35.2. The Morgan fingerprint density at radius 1 is 1.00 bits per heavy atom. The molecule has 0 spiro atoms. The number of hydrogen-bond acceptors (Lipinski definition) is 4. The van der Waals surface area contributed by atoms with Crippen LogP contribution in [0.4, 0.5) is 8.78 Å². The summed E-state index contributed by atoms with van der Waals surface area (Å²) in [4.78, 5) is 14.0. The molecule has 5 nitrogen and oxygen atoms in total. The molecule has 9 heteroatoms. The second-order valence-corrected chi connectivity index (χ2v) is 8.99. The van der Waals surface area contributed by atoms with E-state index in [1.807, 2.05) is 0 Å². The van der Waals surface area contributed by atoms with Crippen molar-refractivity contribution < 1.29 is 28.2 Å². The van der Waals surface area contributed by atoms with Crippen LogP contribution in [0.15, 0.2) is 54.6 Å². The molecular formula is C26H23Cl2F2NO4. The zero-order valence-corrected chi connectivity index (χ0v) is 20.2. The number of ether oxygens (including phenoxy) is 2. The summed E-state index contributed by atoms with van der Waals surface area (Å²) in [5.74, 6) is 0.316. The monoisotopic (exact) mass is 521 g/mol. The van der Waals surface area contributed by atoms with Crippen molar-refractivity contribution >= 4 is 29.1 Å². The highest BCUT2D eigenvalue weighted by atomic mass is 35.5. The van der Waals surface area contributed by atoms with E-state index in [9.17, 15) is 18.7 Å². The van der Waals surface area contributed by atoms with Gasteiger partial charge in [0.25, 0.3) is 5.91 Å². The molecule has 4 rings (SSSR count). The maximum Gasteiger partial charge on any atom is 0.387 e. The van der Waals surface area contributed by atoms with E-state index in [1.165, 1.54) is 18.2 Å². The minimum atomic E-state index is -2.94. The van der Waals surface area contributed by atoms with Crippen LogP contribution in [0, 0.1) is 0 Å². The fourth-order valence-corrected chi connectivity index (χ4v) is 4.60. The van der Waals surface area contributed by atoms with Gasteiger partial charge in [0.05, 0.1) is 0 Å². The number of alkyl halides is 2. The minimum Gasteiger partial charge on any atom is -0.507 e. The smallest absolute Gasteiger partial charge is 0.387 e. The summed E-state index contributed by atoms with van der Waals surface area (Å²) in [5, 5.41) is 11.1. The van der Waals surface area contributed by atoms with Gasteiger partial charge in [-0.3, -0.25) is 4.79 Å². The lowest BCUT2D eigenvalue weighted by atomic mass is 9.98. The van der Waals surface area contributed by atoms with E-state index in [0.717, 1.165) is 31.5 Å². The number of likely N-dealkylation sites (tertiary alicyclic amines) is 1. The van der Waals surface area contributed by atoms with Gasteiger partial charge < -0.3 is 19.5 Å². The lowest BCUT2D eigenvalue weighted by Crippen LogP contribution is -2.32. The lowest BCUT2D eigenvalue weighted by Gasteiger charge is -2.16. The van der Waals surface area contributed by atoms with Crippen molar-refractivity contribution in [1.82, 2.24) is 4.90 Å². The molecule has 0 bridgehead atoms. The van der Waals surface area contributed by atoms with Crippen molar-refractivity contribution in [2.75, 3.05) is 19.7 Å². The highest BCUT2D eigenvalue weighted by molar-refractivity contribution is 6.36. The van der Waals surface area contributed by atoms with Gasteiger partial charge in [0.2, 0.25) is 0 Å². The van der Waals surface area contributed by atoms with Crippen LogP contribution in [0.25, 0.3) is 11.1 Å². The second kappa shape index (κ2) is 11.1. The number of hydrogen-bond donors (Lipinski definition) is 1. The predicted molar refractivity (Wildman–Crippen MR) is 131 cm³/mol. The zero-order chi connectivity index (χ0) is 24.9. The van der Waals surface area contributed by atoms with Gasteiger partial charge in [-0.25, -0.2) is 0 Å². The minimum absolute atomic E-state index is 0.00723. The molecule has 1 heterocycles. The Kier molecular flexibility index (Phi) is 7.98. The van der Waals surface area contributed by atoms with Crippen LogP contribution < -0.4 is 9.47 Å². The van der Waals surface area contributed by atoms with Crippen molar-refractivity contribution in [3.63, 3.8) is 0 Å². The maximum absolute atomic E-state index is 12.6. The number of amides is 1. The van der Waals surface area contributed by atoms with Gasteiger partial charge in [-0.05, 0) is 65.9 Å².